The summed E-state index contributed by atoms with van der Waals surface area (Å²) < 4.78 is 26.2. The summed E-state index contributed by atoms with van der Waals surface area (Å²) in [6.07, 6.45) is 4.54. The lowest BCUT2D eigenvalue weighted by molar-refractivity contribution is -0.111. The molecule has 162 valence electrons. The molecule has 32 heavy (non-hydrogen) atoms. The summed E-state index contributed by atoms with van der Waals surface area (Å²) in [4.78, 5) is 24.4. The lowest BCUT2D eigenvalue weighted by Crippen LogP contribution is -2.15. The molecule has 0 spiro atoms. The Labute approximate surface area is 187 Å². The van der Waals surface area contributed by atoms with Crippen molar-refractivity contribution in [2.45, 2.75) is 13.8 Å². The van der Waals surface area contributed by atoms with Crippen molar-refractivity contribution < 1.29 is 13.9 Å². The lowest BCUT2D eigenvalue weighted by atomic mass is 10.0. The Bertz CT molecular complexity index is 1420. The highest BCUT2D eigenvalue weighted by atomic mass is 32.1. The number of pyridine rings is 1. The van der Waals surface area contributed by atoms with E-state index in [0.717, 1.165) is 17.1 Å². The molecule has 6 nitrogen and oxygen atoms in total. The zero-order valence-corrected chi connectivity index (χ0v) is 18.5. The molecule has 2 heterocycles. The summed E-state index contributed by atoms with van der Waals surface area (Å²) in [6.45, 7) is 7.03. The second kappa shape index (κ2) is 8.39. The lowest BCUT2D eigenvalue weighted by Gasteiger charge is -2.17. The number of ether oxygens (including phenoxy) is 1. The van der Waals surface area contributed by atoms with Gasteiger partial charge in [0.1, 0.15) is 22.0 Å². The number of halogens is 1. The maximum Gasteiger partial charge on any atom is 0.269 e. The van der Waals surface area contributed by atoms with Gasteiger partial charge in [0, 0.05) is 41.6 Å². The van der Waals surface area contributed by atoms with Gasteiger partial charge < -0.3 is 14.6 Å². The Hall–Kier alpha value is -3.78. The highest BCUT2D eigenvalue weighted by molar-refractivity contribution is 7.13. The second-order valence-electron chi connectivity index (χ2n) is 7.40. The number of carbonyl (C=O) groups excluding carboxylic acids is 1. The van der Waals surface area contributed by atoms with Crippen LogP contribution in [0.15, 0.2) is 60.2 Å². The van der Waals surface area contributed by atoms with Crippen LogP contribution in [-0.2, 0) is 11.8 Å². The number of rotatable bonds is 5. The van der Waals surface area contributed by atoms with Crippen LogP contribution >= 0.6 is 11.5 Å². The molecule has 0 radical (unpaired) electrons. The minimum atomic E-state index is -0.349. The van der Waals surface area contributed by atoms with Crippen LogP contribution in [0.25, 0.3) is 21.2 Å². The zero-order chi connectivity index (χ0) is 23.0. The molecule has 0 aliphatic carbocycles. The van der Waals surface area contributed by atoms with E-state index in [-0.39, 0.29) is 17.3 Å². The molecule has 8 heteroatoms. The number of aromatic nitrogens is 2. The summed E-state index contributed by atoms with van der Waals surface area (Å²) in [5.74, 6) is 0.349. The van der Waals surface area contributed by atoms with Crippen molar-refractivity contribution in [2.24, 2.45) is 7.05 Å². The van der Waals surface area contributed by atoms with E-state index in [0.29, 0.717) is 44.0 Å². The summed E-state index contributed by atoms with van der Waals surface area (Å²) in [7, 11) is 1.67. The van der Waals surface area contributed by atoms with Gasteiger partial charge in [0.2, 0.25) is 5.91 Å². The first-order chi connectivity index (χ1) is 15.3. The fraction of sp³-hybridized carbons (Fsp3) is 0.125. The van der Waals surface area contributed by atoms with E-state index < -0.39 is 0 Å². The van der Waals surface area contributed by atoms with E-state index in [1.165, 1.54) is 22.8 Å². The van der Waals surface area contributed by atoms with Gasteiger partial charge >= 0.3 is 0 Å². The SMILES string of the molecule is C=CC(=O)Nc1ccc(Oc2c(C)cc(F)cc2C)c(-c2cn(C)c(=O)c3sncc23)c1. The van der Waals surface area contributed by atoms with Gasteiger partial charge in [0.05, 0.1) is 0 Å². The number of hydrogen-bond donors (Lipinski definition) is 1. The van der Waals surface area contributed by atoms with E-state index in [4.69, 9.17) is 4.74 Å². The molecule has 0 aliphatic rings. The first-order valence-corrected chi connectivity index (χ1v) is 10.5. The Balaban J connectivity index is 1.94. The van der Waals surface area contributed by atoms with Crippen molar-refractivity contribution in [3.63, 3.8) is 0 Å². The number of amides is 1. The minimum absolute atomic E-state index is 0.143. The molecule has 0 saturated carbocycles. The summed E-state index contributed by atoms with van der Waals surface area (Å²) in [6, 6.07) is 8.02. The van der Waals surface area contributed by atoms with Gasteiger partial charge in [0.25, 0.3) is 5.56 Å². The maximum absolute atomic E-state index is 13.8. The molecule has 0 fully saturated rings. The standard InChI is InChI=1S/C24H20FN3O3S/c1-5-21(29)27-16-6-7-20(31-22-13(2)8-15(25)9-14(22)3)17(10-16)19-12-28(4)24(30)23-18(19)11-26-32-23/h5-12H,1H2,2-4H3,(H,27,29). The number of nitrogens with zero attached hydrogens (tertiary/aromatic N) is 2. The van der Waals surface area contributed by atoms with E-state index >= 15 is 0 Å². The molecule has 0 aliphatic heterocycles. The third-order valence-electron chi connectivity index (χ3n) is 5.06. The number of hydrogen-bond acceptors (Lipinski definition) is 5. The number of benzene rings is 2. The van der Waals surface area contributed by atoms with Crippen LogP contribution in [0.3, 0.4) is 0 Å². The minimum Gasteiger partial charge on any atom is -0.456 e. The molecule has 0 saturated heterocycles. The quantitative estimate of drug-likeness (QED) is 0.418. The van der Waals surface area contributed by atoms with Gasteiger partial charge in [-0.2, -0.15) is 4.37 Å². The number of aryl methyl sites for hydroxylation is 3. The predicted octanol–water partition coefficient (Wildman–Crippen LogP) is 5.33. The van der Waals surface area contributed by atoms with Gasteiger partial charge in [-0.1, -0.05) is 6.58 Å². The fourth-order valence-corrected chi connectivity index (χ4v) is 4.30. The first-order valence-electron chi connectivity index (χ1n) is 9.75. The van der Waals surface area contributed by atoms with Gasteiger partial charge in [-0.3, -0.25) is 9.59 Å². The van der Waals surface area contributed by atoms with Crippen molar-refractivity contribution in [3.8, 4) is 22.6 Å². The van der Waals surface area contributed by atoms with Gasteiger partial charge in [-0.15, -0.1) is 0 Å². The second-order valence-corrected chi connectivity index (χ2v) is 8.20. The molecule has 2 aromatic heterocycles. The number of carbonyl (C=O) groups is 1. The van der Waals surface area contributed by atoms with E-state index in [1.54, 1.807) is 51.5 Å². The van der Waals surface area contributed by atoms with Crippen molar-refractivity contribution in [2.75, 3.05) is 5.32 Å². The van der Waals surface area contributed by atoms with Crippen LogP contribution in [-0.4, -0.2) is 14.8 Å². The number of nitrogens with one attached hydrogen (secondary N) is 1. The van der Waals surface area contributed by atoms with Crippen LogP contribution in [0.4, 0.5) is 10.1 Å². The number of fused-ring (bicyclic) bond motifs is 1. The van der Waals surface area contributed by atoms with Crippen LogP contribution in [0.5, 0.6) is 11.5 Å². The topological polar surface area (TPSA) is 73.2 Å². The third-order valence-corrected chi connectivity index (χ3v) is 5.85. The van der Waals surface area contributed by atoms with E-state index in [1.807, 2.05) is 0 Å². The van der Waals surface area contributed by atoms with E-state index in [2.05, 4.69) is 16.3 Å². The summed E-state index contributed by atoms with van der Waals surface area (Å²) >= 11 is 1.12. The van der Waals surface area contributed by atoms with Gasteiger partial charge in [-0.25, -0.2) is 4.39 Å². The van der Waals surface area contributed by atoms with Crippen molar-refractivity contribution in [1.29, 1.82) is 0 Å². The smallest absolute Gasteiger partial charge is 0.269 e. The molecule has 2 aromatic carbocycles. The van der Waals surface area contributed by atoms with Crippen molar-refractivity contribution >= 4 is 33.2 Å². The largest absolute Gasteiger partial charge is 0.456 e. The van der Waals surface area contributed by atoms with Crippen molar-refractivity contribution in [1.82, 2.24) is 8.94 Å². The Morgan fingerprint density at radius 2 is 1.94 bits per heavy atom. The third kappa shape index (κ3) is 3.92. The van der Waals surface area contributed by atoms with Crippen LogP contribution in [0.1, 0.15) is 11.1 Å². The van der Waals surface area contributed by atoms with Crippen LogP contribution in [0.2, 0.25) is 0 Å². The van der Waals surface area contributed by atoms with Crippen LogP contribution in [0, 0.1) is 19.7 Å². The highest BCUT2D eigenvalue weighted by Gasteiger charge is 2.18. The maximum atomic E-state index is 13.8. The Morgan fingerprint density at radius 1 is 1.22 bits per heavy atom. The average molecular weight is 450 g/mol. The Kier molecular flexibility index (Phi) is 5.63. The van der Waals surface area contributed by atoms with Gasteiger partial charge in [-0.05, 0) is 72.9 Å². The van der Waals surface area contributed by atoms with E-state index in [9.17, 15) is 14.0 Å². The summed E-state index contributed by atoms with van der Waals surface area (Å²) in [5.41, 5.74) is 3.07. The monoisotopic (exact) mass is 449 g/mol. The molecule has 0 atom stereocenters. The number of anilines is 1. The average Bonchev–Trinajstić information content (AvgIpc) is 3.24. The highest BCUT2D eigenvalue weighted by Crippen LogP contribution is 2.40. The van der Waals surface area contributed by atoms with Crippen LogP contribution < -0.4 is 15.6 Å². The molecule has 1 amide bonds. The van der Waals surface area contributed by atoms with Crippen molar-refractivity contribution in [3.05, 3.63) is 82.7 Å². The molecule has 1 N–H and O–H groups in total. The molecular weight excluding hydrogens is 429 g/mol. The fourth-order valence-electron chi connectivity index (χ4n) is 3.55. The first kappa shape index (κ1) is 21.5. The normalized spacial score (nSPS) is 10.9. The molecule has 0 unspecified atom stereocenters. The molecule has 4 rings (SSSR count). The molecule has 0 bridgehead atoms. The van der Waals surface area contributed by atoms with Gasteiger partial charge in [0.15, 0.2) is 0 Å². The Morgan fingerprint density at radius 3 is 2.62 bits per heavy atom. The zero-order valence-electron chi connectivity index (χ0n) is 17.7. The molecular formula is C24H20FN3O3S. The summed E-state index contributed by atoms with van der Waals surface area (Å²) in [5, 5.41) is 3.43. The molecule has 4 aromatic rings. The predicted molar refractivity (Wildman–Crippen MR) is 125 cm³/mol.